The van der Waals surface area contributed by atoms with Crippen molar-refractivity contribution in [1.29, 1.82) is 0 Å². The highest BCUT2D eigenvalue weighted by Gasteiger charge is 2.09. The molecule has 0 saturated carbocycles. The van der Waals surface area contributed by atoms with Gasteiger partial charge in [0.1, 0.15) is 5.75 Å². The number of carbonyl (C=O) groups is 1. The van der Waals surface area contributed by atoms with Gasteiger partial charge in [0.2, 0.25) is 5.91 Å². The van der Waals surface area contributed by atoms with Gasteiger partial charge in [0.25, 0.3) is 0 Å². The molecule has 0 unspecified atom stereocenters. The first-order valence-corrected chi connectivity index (χ1v) is 8.02. The lowest BCUT2D eigenvalue weighted by molar-refractivity contribution is -0.121. The van der Waals surface area contributed by atoms with E-state index in [9.17, 15) is 4.79 Å². The van der Waals surface area contributed by atoms with E-state index in [1.807, 2.05) is 43.3 Å². The second-order valence-electron chi connectivity index (χ2n) is 4.96. The Morgan fingerprint density at radius 1 is 1.32 bits per heavy atom. The van der Waals surface area contributed by atoms with Crippen LogP contribution in [0.25, 0.3) is 0 Å². The molecule has 0 aliphatic carbocycles. The van der Waals surface area contributed by atoms with Crippen LogP contribution in [-0.4, -0.2) is 17.5 Å². The van der Waals surface area contributed by atoms with E-state index in [2.05, 4.69) is 26.2 Å². The number of ether oxygens (including phenoxy) is 1. The standard InChI is InChI=1S/C17H19BrN2O2/c1-13(14-6-4-10-19-12-14)20-17(21)9-5-11-22-16-8-3-2-7-15(16)18/h2-4,6-8,10,12-13H,5,9,11H2,1H3,(H,20,21)/t13-/m1/s1. The van der Waals surface area contributed by atoms with E-state index in [0.29, 0.717) is 19.4 Å². The van der Waals surface area contributed by atoms with Crippen molar-refractivity contribution in [3.05, 3.63) is 58.8 Å². The molecular weight excluding hydrogens is 344 g/mol. The number of para-hydroxylation sites is 1. The average Bonchev–Trinajstić information content (AvgIpc) is 2.54. The lowest BCUT2D eigenvalue weighted by atomic mass is 10.1. The maximum absolute atomic E-state index is 11.9. The Morgan fingerprint density at radius 2 is 2.14 bits per heavy atom. The van der Waals surface area contributed by atoms with E-state index < -0.39 is 0 Å². The minimum atomic E-state index is -0.0367. The largest absolute Gasteiger partial charge is 0.492 e. The van der Waals surface area contributed by atoms with Crippen molar-refractivity contribution in [1.82, 2.24) is 10.3 Å². The highest BCUT2D eigenvalue weighted by Crippen LogP contribution is 2.23. The van der Waals surface area contributed by atoms with Crippen LogP contribution in [0, 0.1) is 0 Å². The van der Waals surface area contributed by atoms with E-state index in [-0.39, 0.29) is 11.9 Å². The number of halogens is 1. The normalized spacial score (nSPS) is 11.7. The molecule has 2 rings (SSSR count). The van der Waals surface area contributed by atoms with Crippen LogP contribution in [0.5, 0.6) is 5.75 Å². The van der Waals surface area contributed by atoms with E-state index in [0.717, 1.165) is 15.8 Å². The topological polar surface area (TPSA) is 51.2 Å². The highest BCUT2D eigenvalue weighted by atomic mass is 79.9. The fourth-order valence-electron chi connectivity index (χ4n) is 2.01. The van der Waals surface area contributed by atoms with Gasteiger partial charge in [0, 0.05) is 18.8 Å². The summed E-state index contributed by atoms with van der Waals surface area (Å²) in [5, 5.41) is 2.96. The summed E-state index contributed by atoms with van der Waals surface area (Å²) in [6.07, 6.45) is 4.60. The molecule has 0 spiro atoms. The maximum Gasteiger partial charge on any atom is 0.220 e. The van der Waals surface area contributed by atoms with Gasteiger partial charge in [-0.05, 0) is 53.0 Å². The van der Waals surface area contributed by atoms with Gasteiger partial charge in [-0.2, -0.15) is 0 Å². The third-order valence-electron chi connectivity index (χ3n) is 3.20. The molecule has 1 atom stereocenters. The minimum Gasteiger partial charge on any atom is -0.492 e. The van der Waals surface area contributed by atoms with Gasteiger partial charge in [-0.25, -0.2) is 0 Å². The number of nitrogens with one attached hydrogen (secondary N) is 1. The second kappa shape index (κ2) is 8.54. The molecule has 4 nitrogen and oxygen atoms in total. The number of carbonyl (C=O) groups excluding carboxylic acids is 1. The molecular formula is C17H19BrN2O2. The zero-order valence-corrected chi connectivity index (χ0v) is 14.0. The van der Waals surface area contributed by atoms with Gasteiger partial charge in [0.05, 0.1) is 17.1 Å². The monoisotopic (exact) mass is 362 g/mol. The number of aromatic nitrogens is 1. The molecule has 1 aromatic heterocycles. The molecule has 2 aromatic rings. The van der Waals surface area contributed by atoms with E-state index in [4.69, 9.17) is 4.74 Å². The van der Waals surface area contributed by atoms with Crippen molar-refractivity contribution in [3.8, 4) is 5.75 Å². The number of amides is 1. The molecule has 1 aromatic carbocycles. The summed E-state index contributed by atoms with van der Waals surface area (Å²) in [5.41, 5.74) is 1.00. The molecule has 22 heavy (non-hydrogen) atoms. The van der Waals surface area contributed by atoms with Crippen LogP contribution in [0.15, 0.2) is 53.3 Å². The first-order chi connectivity index (χ1) is 10.7. The lowest BCUT2D eigenvalue weighted by Gasteiger charge is -2.14. The molecule has 0 fully saturated rings. The molecule has 5 heteroatoms. The van der Waals surface area contributed by atoms with E-state index in [1.165, 1.54) is 0 Å². The molecule has 0 aliphatic rings. The van der Waals surface area contributed by atoms with Gasteiger partial charge in [-0.3, -0.25) is 9.78 Å². The number of rotatable bonds is 7. The summed E-state index contributed by atoms with van der Waals surface area (Å²) in [5.74, 6) is 0.818. The fraction of sp³-hybridized carbons (Fsp3) is 0.294. The zero-order valence-electron chi connectivity index (χ0n) is 12.5. The number of pyridine rings is 1. The van der Waals surface area contributed by atoms with E-state index >= 15 is 0 Å². The van der Waals surface area contributed by atoms with Crippen LogP contribution < -0.4 is 10.1 Å². The SMILES string of the molecule is C[C@@H](NC(=O)CCCOc1ccccc1Br)c1cccnc1. The Kier molecular flexibility index (Phi) is 6.40. The number of hydrogen-bond acceptors (Lipinski definition) is 3. The second-order valence-corrected chi connectivity index (χ2v) is 5.81. The van der Waals surface area contributed by atoms with Crippen LogP contribution in [0.1, 0.15) is 31.4 Å². The van der Waals surface area contributed by atoms with Crippen molar-refractivity contribution in [2.24, 2.45) is 0 Å². The number of hydrogen-bond donors (Lipinski definition) is 1. The number of nitrogens with zero attached hydrogens (tertiary/aromatic N) is 1. The van der Waals surface area contributed by atoms with Crippen LogP contribution in [0.2, 0.25) is 0 Å². The average molecular weight is 363 g/mol. The first-order valence-electron chi connectivity index (χ1n) is 7.23. The Morgan fingerprint density at radius 3 is 2.86 bits per heavy atom. The molecule has 0 bridgehead atoms. The Hall–Kier alpha value is -1.88. The van der Waals surface area contributed by atoms with Crippen LogP contribution >= 0.6 is 15.9 Å². The highest BCUT2D eigenvalue weighted by molar-refractivity contribution is 9.10. The summed E-state index contributed by atoms with van der Waals surface area (Å²) in [6, 6.07) is 11.5. The molecule has 0 aliphatic heterocycles. The molecule has 0 saturated heterocycles. The van der Waals surface area contributed by atoms with Gasteiger partial charge in [0.15, 0.2) is 0 Å². The van der Waals surface area contributed by atoms with Crippen molar-refractivity contribution in [2.45, 2.75) is 25.8 Å². The number of benzene rings is 1. The first kappa shape index (κ1) is 16.5. The molecule has 116 valence electrons. The lowest BCUT2D eigenvalue weighted by Crippen LogP contribution is -2.26. The Balaban J connectivity index is 1.69. The Labute approximate surface area is 139 Å². The quantitative estimate of drug-likeness (QED) is 0.760. The fourth-order valence-corrected chi connectivity index (χ4v) is 2.40. The Bertz CT molecular complexity index is 605. The van der Waals surface area contributed by atoms with E-state index in [1.54, 1.807) is 12.4 Å². The molecule has 0 radical (unpaired) electrons. The van der Waals surface area contributed by atoms with Crippen LogP contribution in [0.3, 0.4) is 0 Å². The molecule has 1 amide bonds. The third-order valence-corrected chi connectivity index (χ3v) is 3.86. The van der Waals surface area contributed by atoms with Crippen molar-refractivity contribution >= 4 is 21.8 Å². The summed E-state index contributed by atoms with van der Waals surface area (Å²) < 4.78 is 6.56. The van der Waals surface area contributed by atoms with Gasteiger partial charge in [-0.15, -0.1) is 0 Å². The van der Waals surface area contributed by atoms with Gasteiger partial charge >= 0.3 is 0 Å². The molecule has 1 heterocycles. The summed E-state index contributed by atoms with van der Waals surface area (Å²) in [4.78, 5) is 16.0. The maximum atomic E-state index is 11.9. The molecule has 1 N–H and O–H groups in total. The van der Waals surface area contributed by atoms with Crippen molar-refractivity contribution in [2.75, 3.05) is 6.61 Å². The van der Waals surface area contributed by atoms with Crippen LogP contribution in [-0.2, 0) is 4.79 Å². The summed E-state index contributed by atoms with van der Waals surface area (Å²) in [6.45, 7) is 2.46. The third kappa shape index (κ3) is 5.15. The smallest absolute Gasteiger partial charge is 0.220 e. The minimum absolute atomic E-state index is 0.0204. The predicted octanol–water partition coefficient (Wildman–Crippen LogP) is 3.88. The van der Waals surface area contributed by atoms with Crippen molar-refractivity contribution in [3.63, 3.8) is 0 Å². The van der Waals surface area contributed by atoms with Gasteiger partial charge < -0.3 is 10.1 Å². The predicted molar refractivity (Wildman–Crippen MR) is 89.7 cm³/mol. The summed E-state index contributed by atoms with van der Waals surface area (Å²) in [7, 11) is 0. The zero-order chi connectivity index (χ0) is 15.8. The van der Waals surface area contributed by atoms with Crippen molar-refractivity contribution < 1.29 is 9.53 Å². The summed E-state index contributed by atoms with van der Waals surface area (Å²) >= 11 is 3.43. The van der Waals surface area contributed by atoms with Crippen LogP contribution in [0.4, 0.5) is 0 Å². The van der Waals surface area contributed by atoms with Gasteiger partial charge in [-0.1, -0.05) is 18.2 Å².